The maximum absolute atomic E-state index is 10.5. The van der Waals surface area contributed by atoms with E-state index in [0.29, 0.717) is 6.42 Å². The van der Waals surface area contributed by atoms with Crippen LogP contribution in [0, 0.1) is 0 Å². The van der Waals surface area contributed by atoms with Crippen molar-refractivity contribution in [3.8, 4) is 5.75 Å². The topological polar surface area (TPSA) is 48.6 Å². The van der Waals surface area contributed by atoms with E-state index < -0.39 is 6.23 Å². The highest BCUT2D eigenvalue weighted by atomic mass is 27.1. The average molecular weight is 302 g/mol. The number of phenols is 1. The fourth-order valence-corrected chi connectivity index (χ4v) is 3.10. The molecule has 0 aliphatic heterocycles. The zero-order valence-corrected chi connectivity index (χ0v) is 13.9. The number of benzene rings is 1. The van der Waals surface area contributed by atoms with Crippen molar-refractivity contribution in [1.82, 2.24) is 8.45 Å². The molecule has 0 spiro atoms. The molecule has 1 aromatic carbocycles. The lowest BCUT2D eigenvalue weighted by Crippen LogP contribution is -2.37. The van der Waals surface area contributed by atoms with Crippen LogP contribution in [0.5, 0.6) is 5.75 Å². The summed E-state index contributed by atoms with van der Waals surface area (Å²) < 4.78 is 1.90. The Morgan fingerprint density at radius 1 is 1.24 bits per heavy atom. The van der Waals surface area contributed by atoms with E-state index >= 15 is 0 Å². The van der Waals surface area contributed by atoms with Gasteiger partial charge in [0.1, 0.15) is 12.0 Å². The number of hydrogen-bond donors (Lipinski definition) is 2. The second-order valence-corrected chi connectivity index (χ2v) is 6.04. The third-order valence-electron chi connectivity index (χ3n) is 3.75. The molecule has 0 fully saturated rings. The number of aliphatic hydroxyl groups excluding tert-OH is 1. The molecule has 0 bridgehead atoms. The smallest absolute Gasteiger partial charge is 0.317 e. The summed E-state index contributed by atoms with van der Waals surface area (Å²) >= 11 is 2.61. The summed E-state index contributed by atoms with van der Waals surface area (Å²) in [5.74, 6) is 0.240. The standard InChI is InChI=1S/C16H23N2O2.Al/c1-3-7-18(8-4-2)16(20)10-12-9-13(19)11-15-14(12)5-6-17-15;/h5-6,9,11,16,19-20H,3-4,7-8,10H2,1-2H3;/q-1;+1. The Hall–Kier alpha value is -0.988. The maximum atomic E-state index is 10.5. The van der Waals surface area contributed by atoms with Gasteiger partial charge in [-0.3, -0.25) is 4.90 Å². The molecule has 2 aromatic rings. The van der Waals surface area contributed by atoms with Gasteiger partial charge in [0.15, 0.2) is 0 Å². The highest BCUT2D eigenvalue weighted by molar-refractivity contribution is 6.12. The normalized spacial score (nSPS) is 13.1. The van der Waals surface area contributed by atoms with Gasteiger partial charge in [-0.1, -0.05) is 13.8 Å². The molecule has 0 amide bonds. The lowest BCUT2D eigenvalue weighted by molar-refractivity contribution is 0.00455. The van der Waals surface area contributed by atoms with Crippen molar-refractivity contribution < 1.29 is 10.2 Å². The second-order valence-electron chi connectivity index (χ2n) is 5.48. The van der Waals surface area contributed by atoms with Crippen molar-refractivity contribution in [1.29, 1.82) is 0 Å². The number of aromatic nitrogens is 1. The van der Waals surface area contributed by atoms with E-state index in [2.05, 4.69) is 35.3 Å². The van der Waals surface area contributed by atoms with Crippen molar-refractivity contribution in [3.63, 3.8) is 0 Å². The quantitative estimate of drug-likeness (QED) is 0.609. The average Bonchev–Trinajstić information content (AvgIpc) is 2.80. The fourth-order valence-electron chi connectivity index (χ4n) is 2.80. The van der Waals surface area contributed by atoms with E-state index in [1.165, 1.54) is 0 Å². The molecule has 4 nitrogen and oxygen atoms in total. The molecule has 0 saturated heterocycles. The van der Waals surface area contributed by atoms with E-state index in [4.69, 9.17) is 0 Å². The van der Waals surface area contributed by atoms with E-state index in [9.17, 15) is 10.2 Å². The zero-order valence-electron chi connectivity index (χ0n) is 12.8. The largest absolute Gasteiger partial charge is 0.508 e. The molecule has 2 rings (SSSR count). The van der Waals surface area contributed by atoms with Gasteiger partial charge in [-0.2, -0.15) is 0 Å². The Labute approximate surface area is 134 Å². The van der Waals surface area contributed by atoms with Crippen molar-refractivity contribution >= 4 is 27.4 Å². The molecule has 21 heavy (non-hydrogen) atoms. The van der Waals surface area contributed by atoms with Crippen LogP contribution in [0.1, 0.15) is 32.3 Å². The monoisotopic (exact) mass is 302 g/mol. The SMILES string of the molecule is CCCN(CCC)C(O)Cc1cc(O)cc2c1cc[n]2[Al]. The van der Waals surface area contributed by atoms with Crippen LogP contribution in [0.4, 0.5) is 0 Å². The van der Waals surface area contributed by atoms with E-state index in [0.717, 1.165) is 42.4 Å². The number of rotatable bonds is 7. The molecule has 112 valence electrons. The van der Waals surface area contributed by atoms with Crippen LogP contribution < -0.4 is 0 Å². The molecule has 5 heteroatoms. The number of aromatic hydroxyl groups is 1. The predicted octanol–water partition coefficient (Wildman–Crippen LogP) is 2.26. The van der Waals surface area contributed by atoms with Gasteiger partial charge in [0, 0.05) is 36.5 Å². The zero-order chi connectivity index (χ0) is 15.4. The van der Waals surface area contributed by atoms with Crippen LogP contribution in [0.2, 0.25) is 0 Å². The van der Waals surface area contributed by atoms with Gasteiger partial charge >= 0.3 is 16.5 Å². The number of aliphatic hydroxyl groups is 1. The Balaban J connectivity index is 2.25. The van der Waals surface area contributed by atoms with Gasteiger partial charge in [-0.15, -0.1) is 0 Å². The molecule has 1 unspecified atom stereocenters. The molecular weight excluding hydrogens is 279 g/mol. The van der Waals surface area contributed by atoms with Gasteiger partial charge in [-0.25, -0.2) is 0 Å². The summed E-state index contributed by atoms with van der Waals surface area (Å²) in [5, 5.41) is 21.5. The second kappa shape index (κ2) is 7.33. The summed E-state index contributed by atoms with van der Waals surface area (Å²) in [6, 6.07) is 5.52. The first-order valence-electron chi connectivity index (χ1n) is 7.57. The third-order valence-corrected chi connectivity index (χ3v) is 4.20. The van der Waals surface area contributed by atoms with Crippen LogP contribution in [-0.2, 0) is 6.42 Å². The van der Waals surface area contributed by atoms with Crippen LogP contribution in [-0.4, -0.2) is 54.5 Å². The molecule has 1 aromatic heterocycles. The van der Waals surface area contributed by atoms with Gasteiger partial charge < -0.3 is 13.8 Å². The van der Waals surface area contributed by atoms with Crippen LogP contribution in [0.25, 0.3) is 10.9 Å². The predicted molar refractivity (Wildman–Crippen MR) is 86.6 cm³/mol. The molecule has 2 radical (unpaired) electrons. The summed E-state index contributed by atoms with van der Waals surface area (Å²) in [6.45, 7) is 6.02. The first-order valence-corrected chi connectivity index (χ1v) is 8.08. The number of nitrogens with zero attached hydrogens (tertiary/aromatic N) is 2. The first-order chi connectivity index (χ1) is 10.1. The summed E-state index contributed by atoms with van der Waals surface area (Å²) in [6.07, 6.45) is 4.01. The number of fused-ring (bicyclic) bond motifs is 1. The minimum Gasteiger partial charge on any atom is -0.508 e. The van der Waals surface area contributed by atoms with Gasteiger partial charge in [0.25, 0.3) is 0 Å². The summed E-state index contributed by atoms with van der Waals surface area (Å²) in [7, 11) is 0. The minimum absolute atomic E-state index is 0.240. The van der Waals surface area contributed by atoms with Gasteiger partial charge in [-0.05, 0) is 36.7 Å². The van der Waals surface area contributed by atoms with Crippen LogP contribution >= 0.6 is 0 Å². The van der Waals surface area contributed by atoms with Crippen LogP contribution in [0.3, 0.4) is 0 Å². The molecule has 2 N–H and O–H groups in total. The van der Waals surface area contributed by atoms with Crippen molar-refractivity contribution in [3.05, 3.63) is 30.0 Å². The summed E-state index contributed by atoms with van der Waals surface area (Å²) in [5.41, 5.74) is 1.94. The number of phenolic OH excluding ortho intramolecular Hbond substituents is 1. The lowest BCUT2D eigenvalue weighted by atomic mass is 10.0. The van der Waals surface area contributed by atoms with Crippen LogP contribution in [0.15, 0.2) is 24.4 Å². The Kier molecular flexibility index (Phi) is 5.72. The lowest BCUT2D eigenvalue weighted by Gasteiger charge is -2.27. The molecule has 0 saturated carbocycles. The fraction of sp³-hybridized carbons (Fsp3) is 0.500. The van der Waals surface area contributed by atoms with E-state index in [1.807, 2.05) is 15.8 Å². The molecule has 0 aliphatic rings. The first kappa shape index (κ1) is 16.4. The minimum atomic E-state index is -0.511. The van der Waals surface area contributed by atoms with Crippen molar-refractivity contribution in [2.75, 3.05) is 13.1 Å². The molecule has 1 heterocycles. The van der Waals surface area contributed by atoms with Gasteiger partial charge in [0.2, 0.25) is 0 Å². The Bertz CT molecular complexity index is 591. The van der Waals surface area contributed by atoms with E-state index in [-0.39, 0.29) is 5.75 Å². The Morgan fingerprint density at radius 3 is 2.52 bits per heavy atom. The third kappa shape index (κ3) is 3.81. The van der Waals surface area contributed by atoms with E-state index in [1.54, 1.807) is 12.1 Å². The van der Waals surface area contributed by atoms with Crippen molar-refractivity contribution in [2.24, 2.45) is 0 Å². The maximum Gasteiger partial charge on any atom is 0.317 e. The highest BCUT2D eigenvalue weighted by Gasteiger charge is 2.17. The van der Waals surface area contributed by atoms with Crippen molar-refractivity contribution in [2.45, 2.75) is 39.3 Å². The molecule has 1 atom stereocenters. The van der Waals surface area contributed by atoms with Gasteiger partial charge in [0.05, 0.1) is 0 Å². The number of hydrogen-bond acceptors (Lipinski definition) is 3. The molecule has 0 aliphatic carbocycles. The summed E-state index contributed by atoms with van der Waals surface area (Å²) in [4.78, 5) is 2.10. The highest BCUT2D eigenvalue weighted by Crippen LogP contribution is 2.26. The Morgan fingerprint density at radius 2 is 1.90 bits per heavy atom. The molecular formula is C16H23AlN2O2.